The van der Waals surface area contributed by atoms with Crippen LogP contribution in [0.3, 0.4) is 0 Å². The van der Waals surface area contributed by atoms with E-state index in [0.29, 0.717) is 6.61 Å². The highest BCUT2D eigenvalue weighted by Gasteiger charge is 2.20. The Labute approximate surface area is 112 Å². The zero-order valence-electron chi connectivity index (χ0n) is 10.9. The molecule has 6 nitrogen and oxygen atoms in total. The maximum absolute atomic E-state index is 10.4. The third kappa shape index (κ3) is 4.92. The summed E-state index contributed by atoms with van der Waals surface area (Å²) < 4.78 is 5.56. The highest BCUT2D eigenvalue weighted by atomic mass is 16.5. The molecule has 0 amide bonds. The van der Waals surface area contributed by atoms with Crippen molar-refractivity contribution in [2.75, 3.05) is 19.7 Å². The van der Waals surface area contributed by atoms with Gasteiger partial charge in [0.2, 0.25) is 0 Å². The van der Waals surface area contributed by atoms with Gasteiger partial charge in [-0.2, -0.15) is 0 Å². The summed E-state index contributed by atoms with van der Waals surface area (Å²) in [6, 6.07) is 1.93. The molecule has 104 valence electrons. The zero-order chi connectivity index (χ0) is 13.5. The first-order chi connectivity index (χ1) is 9.24. The van der Waals surface area contributed by atoms with Gasteiger partial charge < -0.3 is 9.84 Å². The largest absolute Gasteiger partial charge is 0.481 e. The summed E-state index contributed by atoms with van der Waals surface area (Å²) in [4.78, 5) is 20.8. The second kappa shape index (κ2) is 7.16. The highest BCUT2D eigenvalue weighted by molar-refractivity contribution is 5.66. The molecule has 1 aliphatic rings. The van der Waals surface area contributed by atoms with E-state index in [1.807, 2.05) is 6.07 Å². The molecular weight excluding hydrogens is 246 g/mol. The number of aromatic nitrogens is 2. The number of hydrogen-bond acceptors (Lipinski definition) is 5. The number of likely N-dealkylation sites (tertiary alicyclic amines) is 1. The number of carboxylic acids is 1. The molecule has 19 heavy (non-hydrogen) atoms. The number of hydrogen-bond donors (Lipinski definition) is 1. The lowest BCUT2D eigenvalue weighted by Gasteiger charge is -2.31. The maximum atomic E-state index is 10.4. The van der Waals surface area contributed by atoms with E-state index >= 15 is 0 Å². The molecule has 1 saturated heterocycles. The Hall–Kier alpha value is -1.53. The average molecular weight is 265 g/mol. The van der Waals surface area contributed by atoms with Gasteiger partial charge in [0.25, 0.3) is 0 Å². The molecule has 1 aliphatic heterocycles. The molecule has 0 unspecified atom stereocenters. The minimum atomic E-state index is -0.804. The van der Waals surface area contributed by atoms with Gasteiger partial charge in [0.1, 0.15) is 6.33 Å². The van der Waals surface area contributed by atoms with Gasteiger partial charge in [-0.05, 0) is 18.9 Å². The van der Waals surface area contributed by atoms with Gasteiger partial charge in [-0.1, -0.05) is 0 Å². The Morgan fingerprint density at radius 2 is 2.26 bits per heavy atom. The van der Waals surface area contributed by atoms with E-state index in [4.69, 9.17) is 9.84 Å². The summed E-state index contributed by atoms with van der Waals surface area (Å²) in [5, 5.41) is 8.55. The number of carbonyl (C=O) groups is 1. The second-order valence-electron chi connectivity index (χ2n) is 4.69. The number of piperidine rings is 1. The van der Waals surface area contributed by atoms with Crippen molar-refractivity contribution in [1.29, 1.82) is 0 Å². The average Bonchev–Trinajstić information content (AvgIpc) is 2.42. The minimum Gasteiger partial charge on any atom is -0.481 e. The van der Waals surface area contributed by atoms with Crippen LogP contribution in [0.4, 0.5) is 0 Å². The lowest BCUT2D eigenvalue weighted by atomic mass is 10.1. The van der Waals surface area contributed by atoms with Crippen LogP contribution >= 0.6 is 0 Å². The van der Waals surface area contributed by atoms with Crippen molar-refractivity contribution < 1.29 is 14.6 Å². The molecule has 1 aromatic rings. The first kappa shape index (κ1) is 13.9. The van der Waals surface area contributed by atoms with Crippen LogP contribution < -0.4 is 0 Å². The molecule has 1 fully saturated rings. The van der Waals surface area contributed by atoms with Crippen molar-refractivity contribution in [1.82, 2.24) is 14.9 Å². The van der Waals surface area contributed by atoms with Crippen molar-refractivity contribution in [3.63, 3.8) is 0 Å². The fraction of sp³-hybridized carbons (Fsp3) is 0.615. The molecular formula is C13H19N3O3. The van der Waals surface area contributed by atoms with Crippen molar-refractivity contribution in [3.8, 4) is 0 Å². The summed E-state index contributed by atoms with van der Waals surface area (Å²) in [5.41, 5.74) is 1.03. The van der Waals surface area contributed by atoms with E-state index in [2.05, 4.69) is 14.9 Å². The molecule has 0 saturated carbocycles. The van der Waals surface area contributed by atoms with Crippen molar-refractivity contribution in [2.24, 2.45) is 0 Å². The monoisotopic (exact) mass is 265 g/mol. The molecule has 0 radical (unpaired) electrons. The van der Waals surface area contributed by atoms with E-state index in [1.54, 1.807) is 12.5 Å². The maximum Gasteiger partial charge on any atom is 0.305 e. The fourth-order valence-electron chi connectivity index (χ4n) is 2.19. The molecule has 0 bridgehead atoms. The first-order valence-electron chi connectivity index (χ1n) is 6.54. The van der Waals surface area contributed by atoms with Gasteiger partial charge >= 0.3 is 5.97 Å². The van der Waals surface area contributed by atoms with E-state index in [0.717, 1.165) is 38.2 Å². The summed E-state index contributed by atoms with van der Waals surface area (Å²) in [5.74, 6) is -0.804. The molecule has 0 aliphatic carbocycles. The molecule has 1 N–H and O–H groups in total. The molecule has 0 atom stereocenters. The van der Waals surface area contributed by atoms with Gasteiger partial charge in [-0.15, -0.1) is 0 Å². The van der Waals surface area contributed by atoms with Crippen LogP contribution in [0.1, 0.15) is 25.0 Å². The molecule has 2 heterocycles. The third-order valence-electron chi connectivity index (χ3n) is 3.23. The van der Waals surface area contributed by atoms with Crippen LogP contribution in [0, 0.1) is 0 Å². The Morgan fingerprint density at radius 3 is 2.89 bits per heavy atom. The fourth-order valence-corrected chi connectivity index (χ4v) is 2.19. The lowest BCUT2D eigenvalue weighted by molar-refractivity contribution is -0.138. The number of carboxylic acid groups (broad SMARTS) is 1. The SMILES string of the molecule is O=C(O)CCOC1CCN(Cc2ccncn2)CC1. The summed E-state index contributed by atoms with van der Waals surface area (Å²) in [7, 11) is 0. The molecule has 1 aromatic heterocycles. The molecule has 0 aromatic carbocycles. The number of rotatable bonds is 6. The summed E-state index contributed by atoms with van der Waals surface area (Å²) in [6.07, 6.45) is 5.50. The predicted octanol–water partition coefficient (Wildman–Crippen LogP) is 0.932. The van der Waals surface area contributed by atoms with Gasteiger partial charge in [-0.3, -0.25) is 9.69 Å². The quantitative estimate of drug-likeness (QED) is 0.824. The Kier molecular flexibility index (Phi) is 5.23. The highest BCUT2D eigenvalue weighted by Crippen LogP contribution is 2.15. The van der Waals surface area contributed by atoms with E-state index in [1.165, 1.54) is 0 Å². The number of ether oxygens (including phenoxy) is 1. The van der Waals surface area contributed by atoms with E-state index in [9.17, 15) is 4.79 Å². The first-order valence-corrected chi connectivity index (χ1v) is 6.54. The number of nitrogens with zero attached hydrogens (tertiary/aromatic N) is 3. The van der Waals surface area contributed by atoms with Gasteiger partial charge in [0.15, 0.2) is 0 Å². The molecule has 2 rings (SSSR count). The van der Waals surface area contributed by atoms with Gasteiger partial charge in [0.05, 0.1) is 24.8 Å². The minimum absolute atomic E-state index is 0.0845. The van der Waals surface area contributed by atoms with E-state index in [-0.39, 0.29) is 12.5 Å². The lowest BCUT2D eigenvalue weighted by Crippen LogP contribution is -2.37. The molecule has 0 spiro atoms. The normalized spacial score (nSPS) is 17.5. The summed E-state index contributed by atoms with van der Waals surface area (Å²) >= 11 is 0. The summed E-state index contributed by atoms with van der Waals surface area (Å²) in [6.45, 7) is 3.07. The predicted molar refractivity (Wildman–Crippen MR) is 68.5 cm³/mol. The van der Waals surface area contributed by atoms with Crippen LogP contribution in [0.25, 0.3) is 0 Å². The molecule has 6 heteroatoms. The second-order valence-corrected chi connectivity index (χ2v) is 4.69. The van der Waals surface area contributed by atoms with Crippen LogP contribution in [-0.2, 0) is 16.1 Å². The van der Waals surface area contributed by atoms with Gasteiger partial charge in [-0.25, -0.2) is 9.97 Å². The third-order valence-corrected chi connectivity index (χ3v) is 3.23. The van der Waals surface area contributed by atoms with Crippen LogP contribution in [-0.4, -0.2) is 51.7 Å². The Balaban J connectivity index is 1.66. The van der Waals surface area contributed by atoms with Crippen molar-refractivity contribution in [3.05, 3.63) is 24.3 Å². The van der Waals surface area contributed by atoms with Gasteiger partial charge in [0, 0.05) is 25.8 Å². The van der Waals surface area contributed by atoms with Crippen LogP contribution in [0.5, 0.6) is 0 Å². The Morgan fingerprint density at radius 1 is 1.47 bits per heavy atom. The zero-order valence-corrected chi connectivity index (χ0v) is 10.9. The van der Waals surface area contributed by atoms with E-state index < -0.39 is 5.97 Å². The van der Waals surface area contributed by atoms with Crippen molar-refractivity contribution >= 4 is 5.97 Å². The smallest absolute Gasteiger partial charge is 0.305 e. The van der Waals surface area contributed by atoms with Crippen molar-refractivity contribution in [2.45, 2.75) is 31.9 Å². The standard InChI is InChI=1S/C13H19N3O3/c17-13(18)4-8-19-12-2-6-16(7-3-12)9-11-1-5-14-10-15-11/h1,5,10,12H,2-4,6-9H2,(H,17,18). The topological polar surface area (TPSA) is 75.6 Å². The van der Waals surface area contributed by atoms with Crippen LogP contribution in [0.15, 0.2) is 18.6 Å². The number of aliphatic carboxylic acids is 1. The Bertz CT molecular complexity index is 391. The van der Waals surface area contributed by atoms with Crippen LogP contribution in [0.2, 0.25) is 0 Å².